The monoisotopic (exact) mass is 349 g/mol. The molecule has 0 spiro atoms. The average Bonchev–Trinajstić information content (AvgIpc) is 3.09. The van der Waals surface area contributed by atoms with Crippen molar-refractivity contribution in [2.75, 3.05) is 10.6 Å². The fraction of sp³-hybridized carbons (Fsp3) is 0.105. The fourth-order valence-corrected chi connectivity index (χ4v) is 3.09. The van der Waals surface area contributed by atoms with Crippen LogP contribution in [-0.4, -0.2) is 20.7 Å². The second kappa shape index (κ2) is 6.44. The molecule has 1 atom stereocenters. The minimum Gasteiger partial charge on any atom is -0.328 e. The van der Waals surface area contributed by atoms with Crippen LogP contribution < -0.4 is 10.6 Å². The Morgan fingerprint density at radius 2 is 2.00 bits per heavy atom. The van der Waals surface area contributed by atoms with Crippen molar-refractivity contribution in [1.29, 1.82) is 0 Å². The first-order valence-electron chi connectivity index (χ1n) is 8.12. The minimum atomic E-state index is -0.576. The Morgan fingerprint density at radius 1 is 1.19 bits per heavy atom. The van der Waals surface area contributed by atoms with Gasteiger partial charge in [-0.3, -0.25) is 4.79 Å². The Kier molecular flexibility index (Phi) is 3.96. The van der Waals surface area contributed by atoms with Gasteiger partial charge in [0.05, 0.1) is 5.57 Å². The van der Waals surface area contributed by atoms with Crippen molar-refractivity contribution in [3.05, 3.63) is 83.6 Å². The van der Waals surface area contributed by atoms with Gasteiger partial charge in [0.25, 0.3) is 5.91 Å². The summed E-state index contributed by atoms with van der Waals surface area (Å²) in [5.74, 6) is -0.146. The van der Waals surface area contributed by atoms with Gasteiger partial charge >= 0.3 is 0 Å². The Hall–Kier alpha value is -3.48. The average molecular weight is 349 g/mol. The van der Waals surface area contributed by atoms with Crippen LogP contribution >= 0.6 is 0 Å². The second-order valence-electron chi connectivity index (χ2n) is 5.97. The molecular formula is C19H16FN5O. The Labute approximate surface area is 149 Å². The molecular weight excluding hydrogens is 333 g/mol. The lowest BCUT2D eigenvalue weighted by atomic mass is 9.95. The first kappa shape index (κ1) is 16.0. The van der Waals surface area contributed by atoms with E-state index in [2.05, 4.69) is 20.7 Å². The van der Waals surface area contributed by atoms with Crippen molar-refractivity contribution in [2.24, 2.45) is 0 Å². The van der Waals surface area contributed by atoms with E-state index in [0.717, 1.165) is 0 Å². The number of hydrogen-bond acceptors (Lipinski definition) is 4. The third-order valence-electron chi connectivity index (χ3n) is 4.24. The van der Waals surface area contributed by atoms with Crippen molar-refractivity contribution in [1.82, 2.24) is 14.8 Å². The largest absolute Gasteiger partial charge is 0.328 e. The lowest BCUT2D eigenvalue weighted by molar-refractivity contribution is -0.113. The molecule has 0 bridgehead atoms. The van der Waals surface area contributed by atoms with Gasteiger partial charge in [-0.25, -0.2) is 9.07 Å². The molecule has 1 amide bonds. The van der Waals surface area contributed by atoms with Gasteiger partial charge in [-0.1, -0.05) is 30.3 Å². The zero-order chi connectivity index (χ0) is 18.1. The van der Waals surface area contributed by atoms with E-state index in [1.165, 1.54) is 18.5 Å². The van der Waals surface area contributed by atoms with E-state index in [9.17, 15) is 9.18 Å². The number of halogens is 1. The number of amides is 1. The van der Waals surface area contributed by atoms with E-state index in [1.807, 2.05) is 30.3 Å². The normalized spacial score (nSPS) is 16.0. The highest BCUT2D eigenvalue weighted by Crippen LogP contribution is 2.35. The number of carbonyl (C=O) groups excluding carboxylic acids is 1. The standard InChI is InChI=1S/C19H16FN5O/c1-12-16(18(26)24-15-8-3-2-4-9-15)17(13-6-5-7-14(20)10-13)25-19(23-12)21-11-22-25/h2-11,17H,1H3,(H,24,26)(H,21,22,23). The highest BCUT2D eigenvalue weighted by atomic mass is 19.1. The first-order chi connectivity index (χ1) is 12.6. The van der Waals surface area contributed by atoms with Crippen LogP contribution in [0, 0.1) is 5.82 Å². The molecule has 0 saturated carbocycles. The maximum absolute atomic E-state index is 13.8. The number of rotatable bonds is 3. The van der Waals surface area contributed by atoms with Crippen LogP contribution in [0.4, 0.5) is 16.0 Å². The van der Waals surface area contributed by atoms with Crippen LogP contribution in [0.2, 0.25) is 0 Å². The van der Waals surface area contributed by atoms with Gasteiger partial charge in [0.15, 0.2) is 0 Å². The summed E-state index contributed by atoms with van der Waals surface area (Å²) in [6.07, 6.45) is 1.40. The SMILES string of the molecule is CC1=C(C(=O)Nc2ccccc2)C(c2cccc(F)c2)n2ncnc2N1. The van der Waals surface area contributed by atoms with Crippen LogP contribution in [-0.2, 0) is 4.79 Å². The number of benzene rings is 2. The molecule has 7 heteroatoms. The first-order valence-corrected chi connectivity index (χ1v) is 8.12. The van der Waals surface area contributed by atoms with E-state index < -0.39 is 6.04 Å². The van der Waals surface area contributed by atoms with Crippen LogP contribution in [0.25, 0.3) is 0 Å². The zero-order valence-electron chi connectivity index (χ0n) is 14.0. The van der Waals surface area contributed by atoms with E-state index in [1.54, 1.807) is 23.7 Å². The predicted octanol–water partition coefficient (Wildman–Crippen LogP) is 3.34. The third kappa shape index (κ3) is 2.83. The molecule has 26 heavy (non-hydrogen) atoms. The maximum Gasteiger partial charge on any atom is 0.255 e. The van der Waals surface area contributed by atoms with Gasteiger partial charge in [-0.2, -0.15) is 10.1 Å². The maximum atomic E-state index is 13.8. The van der Waals surface area contributed by atoms with Gasteiger partial charge in [-0.15, -0.1) is 0 Å². The quantitative estimate of drug-likeness (QED) is 0.761. The highest BCUT2D eigenvalue weighted by Gasteiger charge is 2.33. The molecule has 4 rings (SSSR count). The second-order valence-corrected chi connectivity index (χ2v) is 5.97. The van der Waals surface area contributed by atoms with Gasteiger partial charge in [0, 0.05) is 11.4 Å². The summed E-state index contributed by atoms with van der Waals surface area (Å²) in [4.78, 5) is 17.2. The van der Waals surface area contributed by atoms with Gasteiger partial charge in [0.2, 0.25) is 5.95 Å². The van der Waals surface area contributed by atoms with Crippen LogP contribution in [0.3, 0.4) is 0 Å². The Morgan fingerprint density at radius 3 is 2.77 bits per heavy atom. The lowest BCUT2D eigenvalue weighted by Gasteiger charge is -2.28. The molecule has 1 aromatic heterocycles. The molecule has 1 aliphatic rings. The summed E-state index contributed by atoms with van der Waals surface area (Å²) in [5, 5.41) is 10.2. The molecule has 1 unspecified atom stereocenters. The minimum absolute atomic E-state index is 0.281. The molecule has 6 nitrogen and oxygen atoms in total. The predicted molar refractivity (Wildman–Crippen MR) is 96.0 cm³/mol. The highest BCUT2D eigenvalue weighted by molar-refractivity contribution is 6.06. The molecule has 2 aromatic carbocycles. The molecule has 2 heterocycles. The molecule has 130 valence electrons. The summed E-state index contributed by atoms with van der Waals surface area (Å²) in [6.45, 7) is 1.80. The number of allylic oxidation sites excluding steroid dienone is 1. The van der Waals surface area contributed by atoms with E-state index in [4.69, 9.17) is 0 Å². The lowest BCUT2D eigenvalue weighted by Crippen LogP contribution is -2.31. The molecule has 0 radical (unpaired) electrons. The fourth-order valence-electron chi connectivity index (χ4n) is 3.09. The number of nitrogens with zero attached hydrogens (tertiary/aromatic N) is 3. The smallest absolute Gasteiger partial charge is 0.255 e. The van der Waals surface area contributed by atoms with Gasteiger partial charge in [0.1, 0.15) is 18.2 Å². The zero-order valence-corrected chi connectivity index (χ0v) is 14.0. The number of carbonyl (C=O) groups is 1. The molecule has 0 aliphatic carbocycles. The molecule has 3 aromatic rings. The number of nitrogens with one attached hydrogen (secondary N) is 2. The van der Waals surface area contributed by atoms with Crippen molar-refractivity contribution in [2.45, 2.75) is 13.0 Å². The summed E-state index contributed by atoms with van der Waals surface area (Å²) in [7, 11) is 0. The van der Waals surface area contributed by atoms with E-state index >= 15 is 0 Å². The summed E-state index contributed by atoms with van der Waals surface area (Å²) >= 11 is 0. The van der Waals surface area contributed by atoms with Gasteiger partial charge < -0.3 is 10.6 Å². The van der Waals surface area contributed by atoms with Crippen molar-refractivity contribution >= 4 is 17.5 Å². The van der Waals surface area contributed by atoms with Crippen LogP contribution in [0.1, 0.15) is 18.5 Å². The molecule has 1 aliphatic heterocycles. The molecule has 0 fully saturated rings. The number of fused-ring (bicyclic) bond motifs is 1. The van der Waals surface area contributed by atoms with Crippen molar-refractivity contribution in [3.8, 4) is 0 Å². The van der Waals surface area contributed by atoms with Crippen LogP contribution in [0.15, 0.2) is 72.2 Å². The van der Waals surface area contributed by atoms with Crippen molar-refractivity contribution in [3.63, 3.8) is 0 Å². The summed E-state index contributed by atoms with van der Waals surface area (Å²) < 4.78 is 15.4. The van der Waals surface area contributed by atoms with Gasteiger partial charge in [-0.05, 0) is 36.8 Å². The third-order valence-corrected chi connectivity index (χ3v) is 4.24. The number of para-hydroxylation sites is 1. The number of aromatic nitrogens is 3. The van der Waals surface area contributed by atoms with Crippen LogP contribution in [0.5, 0.6) is 0 Å². The van der Waals surface area contributed by atoms with E-state index in [0.29, 0.717) is 28.5 Å². The van der Waals surface area contributed by atoms with Crippen molar-refractivity contribution < 1.29 is 9.18 Å². The molecule has 2 N–H and O–H groups in total. The van der Waals surface area contributed by atoms with E-state index in [-0.39, 0.29) is 11.7 Å². The Balaban J connectivity index is 1.78. The topological polar surface area (TPSA) is 71.8 Å². The number of anilines is 2. The number of hydrogen-bond donors (Lipinski definition) is 2. The summed E-state index contributed by atoms with van der Waals surface area (Å²) in [5.41, 5.74) is 2.40. The summed E-state index contributed by atoms with van der Waals surface area (Å²) in [6, 6.07) is 14.8. The Bertz CT molecular complexity index is 996. The molecule has 0 saturated heterocycles.